The highest BCUT2D eigenvalue weighted by molar-refractivity contribution is 5.51. The zero-order chi connectivity index (χ0) is 8.27. The molecule has 0 radical (unpaired) electrons. The molecule has 2 aliphatic rings. The van der Waals surface area contributed by atoms with Gasteiger partial charge in [0.1, 0.15) is 6.29 Å². The van der Waals surface area contributed by atoms with Crippen LogP contribution < -0.4 is 5.32 Å². The highest BCUT2D eigenvalue weighted by Crippen LogP contribution is 2.40. The first-order valence-corrected chi connectivity index (χ1v) is 4.40. The minimum Gasteiger partial charge on any atom is -0.316 e. The molecule has 1 saturated carbocycles. The summed E-state index contributed by atoms with van der Waals surface area (Å²) < 4.78 is 0. The minimum atomic E-state index is 0.204. The Balaban J connectivity index is 0.000000114. The maximum atomic E-state index is 9.50. The third kappa shape index (κ3) is 3.02. The number of nitrogens with one attached hydrogen (secondary N) is 1. The van der Waals surface area contributed by atoms with Crippen molar-refractivity contribution in [3.8, 4) is 0 Å². The van der Waals surface area contributed by atoms with Crippen LogP contribution in [-0.2, 0) is 4.79 Å². The third-order valence-electron chi connectivity index (χ3n) is 2.15. The van der Waals surface area contributed by atoms with Gasteiger partial charge in [0.15, 0.2) is 0 Å². The van der Waals surface area contributed by atoms with E-state index >= 15 is 0 Å². The van der Waals surface area contributed by atoms with Crippen LogP contribution in [0.2, 0.25) is 0 Å². The number of aldehydes is 1. The zero-order valence-electron chi connectivity index (χ0n) is 7.34. The Bertz CT molecular complexity index is 126. The van der Waals surface area contributed by atoms with Gasteiger partial charge >= 0.3 is 0 Å². The van der Waals surface area contributed by atoms with Crippen molar-refractivity contribution in [2.45, 2.75) is 20.3 Å². The molecule has 2 fully saturated rings. The number of carbonyl (C=O) groups is 1. The molecule has 1 heterocycles. The highest BCUT2D eigenvalue weighted by atomic mass is 16.1. The van der Waals surface area contributed by atoms with E-state index in [1.165, 1.54) is 19.5 Å². The maximum absolute atomic E-state index is 9.50. The van der Waals surface area contributed by atoms with Crippen molar-refractivity contribution in [1.29, 1.82) is 0 Å². The first kappa shape index (κ1) is 8.72. The lowest BCUT2D eigenvalue weighted by Crippen LogP contribution is -2.10. The fourth-order valence-electron chi connectivity index (χ4n) is 1.26. The van der Waals surface area contributed by atoms with Crippen molar-refractivity contribution in [3.05, 3.63) is 0 Å². The molecule has 0 aromatic rings. The van der Waals surface area contributed by atoms with Crippen molar-refractivity contribution >= 4 is 6.29 Å². The van der Waals surface area contributed by atoms with Gasteiger partial charge in [-0.2, -0.15) is 0 Å². The lowest BCUT2D eigenvalue weighted by Gasteiger charge is -1.87. The average molecular weight is 155 g/mol. The smallest absolute Gasteiger partial charge is 0.122 e. The molecule has 2 nitrogen and oxygen atoms in total. The Morgan fingerprint density at radius 1 is 1.36 bits per heavy atom. The van der Waals surface area contributed by atoms with E-state index in [4.69, 9.17) is 0 Å². The predicted octanol–water partition coefficient (Wildman–Crippen LogP) is 1.07. The van der Waals surface area contributed by atoms with Gasteiger partial charge in [-0.25, -0.2) is 0 Å². The van der Waals surface area contributed by atoms with Crippen LogP contribution in [0.3, 0.4) is 0 Å². The lowest BCUT2D eigenvalue weighted by molar-refractivity contribution is -0.110. The molecule has 2 heteroatoms. The molecule has 1 N–H and O–H groups in total. The second-order valence-corrected chi connectivity index (χ2v) is 3.79. The number of rotatable bonds is 1. The number of carbonyl (C=O) groups excluding carboxylic acids is 1. The van der Waals surface area contributed by atoms with Gasteiger partial charge in [0, 0.05) is 5.92 Å². The molecule has 0 spiro atoms. The Hall–Kier alpha value is -0.370. The Morgan fingerprint density at radius 2 is 1.82 bits per heavy atom. The molecule has 0 bridgehead atoms. The van der Waals surface area contributed by atoms with E-state index in [-0.39, 0.29) is 5.92 Å². The number of fused-ring (bicyclic) bond motifs is 1. The largest absolute Gasteiger partial charge is 0.316 e. The summed E-state index contributed by atoms with van der Waals surface area (Å²) >= 11 is 0. The van der Waals surface area contributed by atoms with Gasteiger partial charge in [0.05, 0.1) is 0 Å². The predicted molar refractivity (Wildman–Crippen MR) is 45.4 cm³/mol. The summed E-state index contributed by atoms with van der Waals surface area (Å²) in [6, 6.07) is 0. The fraction of sp³-hybridized carbons (Fsp3) is 0.889. The topological polar surface area (TPSA) is 29.1 Å². The second kappa shape index (κ2) is 3.86. The van der Waals surface area contributed by atoms with Crippen LogP contribution in [0.1, 0.15) is 20.3 Å². The molecule has 11 heavy (non-hydrogen) atoms. The summed E-state index contributed by atoms with van der Waals surface area (Å²) in [5.41, 5.74) is 0. The van der Waals surface area contributed by atoms with Crippen LogP contribution in [0, 0.1) is 17.8 Å². The van der Waals surface area contributed by atoms with E-state index in [0.29, 0.717) is 0 Å². The van der Waals surface area contributed by atoms with Crippen LogP contribution in [-0.4, -0.2) is 19.4 Å². The summed E-state index contributed by atoms with van der Waals surface area (Å²) in [6.45, 7) is 6.33. The van der Waals surface area contributed by atoms with Gasteiger partial charge in [-0.3, -0.25) is 0 Å². The fourth-order valence-corrected chi connectivity index (χ4v) is 1.26. The Kier molecular flexibility index (Phi) is 3.06. The zero-order valence-corrected chi connectivity index (χ0v) is 7.34. The van der Waals surface area contributed by atoms with Gasteiger partial charge in [0.25, 0.3) is 0 Å². The Morgan fingerprint density at radius 3 is 1.91 bits per heavy atom. The first-order valence-electron chi connectivity index (χ1n) is 4.40. The summed E-state index contributed by atoms with van der Waals surface area (Å²) in [6.07, 6.45) is 2.44. The molecule has 2 unspecified atom stereocenters. The first-order chi connectivity index (χ1) is 5.24. The van der Waals surface area contributed by atoms with Crippen LogP contribution in [0.15, 0.2) is 0 Å². The summed E-state index contributed by atoms with van der Waals surface area (Å²) in [4.78, 5) is 9.50. The van der Waals surface area contributed by atoms with E-state index < -0.39 is 0 Å². The molecule has 1 aliphatic heterocycles. The van der Waals surface area contributed by atoms with Crippen LogP contribution in [0.5, 0.6) is 0 Å². The SMILES string of the molecule is C1NCC2CC12.CC(C)C=O. The summed E-state index contributed by atoms with van der Waals surface area (Å²) in [5.74, 6) is 2.41. The molecule has 2 atom stereocenters. The minimum absolute atomic E-state index is 0.204. The van der Waals surface area contributed by atoms with Crippen LogP contribution >= 0.6 is 0 Å². The normalized spacial score (nSPS) is 32.3. The molecule has 0 amide bonds. The second-order valence-electron chi connectivity index (χ2n) is 3.79. The third-order valence-corrected chi connectivity index (χ3v) is 2.15. The van der Waals surface area contributed by atoms with Gasteiger partial charge in [-0.15, -0.1) is 0 Å². The van der Waals surface area contributed by atoms with Gasteiger partial charge in [-0.05, 0) is 31.3 Å². The summed E-state index contributed by atoms with van der Waals surface area (Å²) in [5, 5.41) is 3.32. The molecule has 1 saturated heterocycles. The maximum Gasteiger partial charge on any atom is 0.122 e. The number of piperidine rings is 1. The van der Waals surface area contributed by atoms with Crippen LogP contribution in [0.25, 0.3) is 0 Å². The highest BCUT2D eigenvalue weighted by Gasteiger charge is 2.40. The van der Waals surface area contributed by atoms with E-state index in [1.54, 1.807) is 0 Å². The van der Waals surface area contributed by atoms with Crippen molar-refractivity contribution < 1.29 is 4.79 Å². The van der Waals surface area contributed by atoms with Crippen molar-refractivity contribution in [3.63, 3.8) is 0 Å². The molecule has 64 valence electrons. The lowest BCUT2D eigenvalue weighted by atomic mass is 10.3. The quantitative estimate of drug-likeness (QED) is 0.574. The Labute approximate surface area is 68.4 Å². The molecule has 0 aromatic heterocycles. The van der Waals surface area contributed by atoms with E-state index in [9.17, 15) is 4.79 Å². The molecule has 1 aliphatic carbocycles. The van der Waals surface area contributed by atoms with Gasteiger partial charge in [-0.1, -0.05) is 13.8 Å². The standard InChI is InChI=1S/C5H9N.C4H8O/c1-4-2-6-3-5(1)4;1-4(2)3-5/h4-6H,1-3H2;3-4H,1-2H3. The van der Waals surface area contributed by atoms with Crippen molar-refractivity contribution in [1.82, 2.24) is 5.32 Å². The van der Waals surface area contributed by atoms with E-state index in [0.717, 1.165) is 18.1 Å². The monoisotopic (exact) mass is 155 g/mol. The van der Waals surface area contributed by atoms with Crippen molar-refractivity contribution in [2.75, 3.05) is 13.1 Å². The van der Waals surface area contributed by atoms with Gasteiger partial charge < -0.3 is 10.1 Å². The summed E-state index contributed by atoms with van der Waals surface area (Å²) in [7, 11) is 0. The van der Waals surface area contributed by atoms with Gasteiger partial charge in [0.2, 0.25) is 0 Å². The molecule has 0 aromatic carbocycles. The van der Waals surface area contributed by atoms with Crippen LogP contribution in [0.4, 0.5) is 0 Å². The van der Waals surface area contributed by atoms with E-state index in [1.807, 2.05) is 13.8 Å². The average Bonchev–Trinajstić information content (AvgIpc) is 2.61. The molecular formula is C9H17NO. The number of hydrogen-bond acceptors (Lipinski definition) is 2. The van der Waals surface area contributed by atoms with Crippen molar-refractivity contribution in [2.24, 2.45) is 17.8 Å². The number of hydrogen-bond donors (Lipinski definition) is 1. The molecular weight excluding hydrogens is 138 g/mol. The van der Waals surface area contributed by atoms with E-state index in [2.05, 4.69) is 5.32 Å². The molecule has 2 rings (SSSR count).